The van der Waals surface area contributed by atoms with Crippen molar-refractivity contribution in [2.24, 2.45) is 5.73 Å². The Morgan fingerprint density at radius 2 is 2.19 bits per heavy atom. The van der Waals surface area contributed by atoms with E-state index >= 15 is 0 Å². The molecule has 4 nitrogen and oxygen atoms in total. The monoisotopic (exact) mass is 289 g/mol. The normalized spacial score (nSPS) is 19.4. The molecule has 0 aromatic heterocycles. The zero-order chi connectivity index (χ0) is 15.1. The molecule has 0 saturated carbocycles. The zero-order valence-corrected chi connectivity index (χ0v) is 13.0. The number of nitrogens with one attached hydrogen (secondary N) is 1. The van der Waals surface area contributed by atoms with Crippen LogP contribution in [0.5, 0.6) is 0 Å². The minimum absolute atomic E-state index is 0.0839. The maximum Gasteiger partial charge on any atom is 0.224 e. The summed E-state index contributed by atoms with van der Waals surface area (Å²) in [4.78, 5) is 14.5. The van der Waals surface area contributed by atoms with Crippen molar-refractivity contribution in [3.05, 3.63) is 29.8 Å². The molecule has 1 unspecified atom stereocenters. The number of nitrogens with two attached hydrogens (primary N) is 1. The molecule has 4 heteroatoms. The molecule has 1 aromatic rings. The van der Waals surface area contributed by atoms with E-state index in [0.717, 1.165) is 24.2 Å². The van der Waals surface area contributed by atoms with E-state index in [2.05, 4.69) is 17.1 Å². The highest BCUT2D eigenvalue weighted by Crippen LogP contribution is 2.17. The average molecular weight is 289 g/mol. The fourth-order valence-electron chi connectivity index (χ4n) is 2.97. The van der Waals surface area contributed by atoms with Gasteiger partial charge in [0.2, 0.25) is 5.91 Å². The van der Waals surface area contributed by atoms with Gasteiger partial charge in [0, 0.05) is 24.7 Å². The lowest BCUT2D eigenvalue weighted by atomic mass is 10.0. The van der Waals surface area contributed by atoms with Gasteiger partial charge in [-0.1, -0.05) is 24.6 Å². The maximum atomic E-state index is 12.0. The van der Waals surface area contributed by atoms with Gasteiger partial charge in [-0.05, 0) is 50.9 Å². The number of hydrogen-bond acceptors (Lipinski definition) is 3. The standard InChI is InChI=1S/C17H27N3O/c1-14-7-4-5-11-20(14)12-6-10-17(21)19-16-9-3-2-8-15(16)13-18/h2-3,8-9,14H,4-7,10-13,18H2,1H3,(H,19,21). The fraction of sp³-hybridized carbons (Fsp3) is 0.588. The number of amides is 1. The van der Waals surface area contributed by atoms with Crippen LogP contribution < -0.4 is 11.1 Å². The molecule has 0 aliphatic carbocycles. The number of hydrogen-bond donors (Lipinski definition) is 2. The molecule has 2 rings (SSSR count). The molecular formula is C17H27N3O. The summed E-state index contributed by atoms with van der Waals surface area (Å²) in [6.45, 7) is 4.93. The number of likely N-dealkylation sites (tertiary alicyclic amines) is 1. The Bertz CT molecular complexity index is 461. The molecule has 1 aliphatic heterocycles. The number of carbonyl (C=O) groups excluding carboxylic acids is 1. The Morgan fingerprint density at radius 3 is 2.95 bits per heavy atom. The second-order valence-electron chi connectivity index (χ2n) is 5.89. The van der Waals surface area contributed by atoms with E-state index in [0.29, 0.717) is 19.0 Å². The summed E-state index contributed by atoms with van der Waals surface area (Å²) >= 11 is 0. The minimum atomic E-state index is 0.0839. The molecule has 0 bridgehead atoms. The number of nitrogens with zero attached hydrogens (tertiary/aromatic N) is 1. The van der Waals surface area contributed by atoms with Crippen molar-refractivity contribution in [1.82, 2.24) is 4.90 Å². The van der Waals surface area contributed by atoms with Gasteiger partial charge in [-0.2, -0.15) is 0 Å². The molecule has 1 atom stereocenters. The first-order valence-corrected chi connectivity index (χ1v) is 8.02. The molecular weight excluding hydrogens is 262 g/mol. The topological polar surface area (TPSA) is 58.4 Å². The summed E-state index contributed by atoms with van der Waals surface area (Å²) in [6.07, 6.45) is 5.41. The fourth-order valence-corrected chi connectivity index (χ4v) is 2.97. The number of benzene rings is 1. The molecule has 1 aromatic carbocycles. The molecule has 1 aliphatic rings. The summed E-state index contributed by atoms with van der Waals surface area (Å²) in [5.74, 6) is 0.0839. The van der Waals surface area contributed by atoms with E-state index in [1.54, 1.807) is 0 Å². The van der Waals surface area contributed by atoms with Crippen LogP contribution in [0.2, 0.25) is 0 Å². The molecule has 1 saturated heterocycles. The minimum Gasteiger partial charge on any atom is -0.326 e. The van der Waals surface area contributed by atoms with Gasteiger partial charge in [0.25, 0.3) is 0 Å². The molecule has 21 heavy (non-hydrogen) atoms. The van der Waals surface area contributed by atoms with Crippen molar-refractivity contribution in [2.75, 3.05) is 18.4 Å². The molecule has 1 amide bonds. The number of piperidine rings is 1. The molecule has 1 heterocycles. The van der Waals surface area contributed by atoms with E-state index in [1.165, 1.54) is 25.8 Å². The summed E-state index contributed by atoms with van der Waals surface area (Å²) < 4.78 is 0. The maximum absolute atomic E-state index is 12.0. The van der Waals surface area contributed by atoms with Gasteiger partial charge < -0.3 is 16.0 Å². The van der Waals surface area contributed by atoms with Crippen molar-refractivity contribution in [3.8, 4) is 0 Å². The van der Waals surface area contributed by atoms with Crippen molar-refractivity contribution in [2.45, 2.75) is 51.6 Å². The second-order valence-corrected chi connectivity index (χ2v) is 5.89. The van der Waals surface area contributed by atoms with Gasteiger partial charge in [0.1, 0.15) is 0 Å². The van der Waals surface area contributed by atoms with Gasteiger partial charge in [-0.25, -0.2) is 0 Å². The van der Waals surface area contributed by atoms with E-state index in [4.69, 9.17) is 5.73 Å². The smallest absolute Gasteiger partial charge is 0.224 e. The zero-order valence-electron chi connectivity index (χ0n) is 13.0. The highest BCUT2D eigenvalue weighted by Gasteiger charge is 2.17. The Kier molecular flexibility index (Phi) is 6.21. The summed E-state index contributed by atoms with van der Waals surface area (Å²) in [6, 6.07) is 8.39. The second kappa shape index (κ2) is 8.15. The molecule has 0 radical (unpaired) electrons. The van der Waals surface area contributed by atoms with Crippen LogP contribution in [0.15, 0.2) is 24.3 Å². The quantitative estimate of drug-likeness (QED) is 0.846. The highest BCUT2D eigenvalue weighted by molar-refractivity contribution is 5.91. The Balaban J connectivity index is 1.74. The predicted molar refractivity (Wildman–Crippen MR) is 87.1 cm³/mol. The van der Waals surface area contributed by atoms with Crippen LogP contribution in [0.4, 0.5) is 5.69 Å². The van der Waals surface area contributed by atoms with Gasteiger partial charge >= 0.3 is 0 Å². The lowest BCUT2D eigenvalue weighted by Crippen LogP contribution is -2.38. The van der Waals surface area contributed by atoms with E-state index < -0.39 is 0 Å². The number of carbonyl (C=O) groups is 1. The van der Waals surface area contributed by atoms with E-state index in [1.807, 2.05) is 24.3 Å². The third kappa shape index (κ3) is 4.83. The largest absolute Gasteiger partial charge is 0.326 e. The van der Waals surface area contributed by atoms with Gasteiger partial charge in [-0.3, -0.25) is 4.79 Å². The summed E-state index contributed by atoms with van der Waals surface area (Å²) in [5, 5.41) is 2.97. The van der Waals surface area contributed by atoms with Crippen LogP contribution in [0.25, 0.3) is 0 Å². The van der Waals surface area contributed by atoms with Crippen LogP contribution in [-0.4, -0.2) is 29.9 Å². The van der Waals surface area contributed by atoms with Gasteiger partial charge in [0.05, 0.1) is 0 Å². The van der Waals surface area contributed by atoms with Gasteiger partial charge in [-0.15, -0.1) is 0 Å². The Morgan fingerprint density at radius 1 is 1.38 bits per heavy atom. The third-order valence-corrected chi connectivity index (χ3v) is 4.30. The third-order valence-electron chi connectivity index (χ3n) is 4.30. The van der Waals surface area contributed by atoms with Crippen LogP contribution in [0.1, 0.15) is 44.6 Å². The van der Waals surface area contributed by atoms with Gasteiger partial charge in [0.15, 0.2) is 0 Å². The van der Waals surface area contributed by atoms with Crippen molar-refractivity contribution >= 4 is 11.6 Å². The van der Waals surface area contributed by atoms with Crippen molar-refractivity contribution in [3.63, 3.8) is 0 Å². The first-order valence-electron chi connectivity index (χ1n) is 8.02. The van der Waals surface area contributed by atoms with Crippen LogP contribution >= 0.6 is 0 Å². The first kappa shape index (κ1) is 16.0. The predicted octanol–water partition coefficient (Wildman–Crippen LogP) is 2.74. The van der Waals surface area contributed by atoms with Crippen molar-refractivity contribution in [1.29, 1.82) is 0 Å². The molecule has 1 fully saturated rings. The number of rotatable bonds is 6. The van der Waals surface area contributed by atoms with E-state index in [-0.39, 0.29) is 5.91 Å². The lowest BCUT2D eigenvalue weighted by molar-refractivity contribution is -0.116. The molecule has 116 valence electrons. The van der Waals surface area contributed by atoms with Crippen LogP contribution in [0.3, 0.4) is 0 Å². The van der Waals surface area contributed by atoms with Crippen LogP contribution in [-0.2, 0) is 11.3 Å². The average Bonchev–Trinajstić information content (AvgIpc) is 2.50. The lowest BCUT2D eigenvalue weighted by Gasteiger charge is -2.33. The van der Waals surface area contributed by atoms with E-state index in [9.17, 15) is 4.79 Å². The van der Waals surface area contributed by atoms with Crippen LogP contribution in [0, 0.1) is 0 Å². The SMILES string of the molecule is CC1CCCCN1CCCC(=O)Nc1ccccc1CN. The van der Waals surface area contributed by atoms with Crippen molar-refractivity contribution < 1.29 is 4.79 Å². The Hall–Kier alpha value is -1.39. The molecule has 3 N–H and O–H groups in total. The summed E-state index contributed by atoms with van der Waals surface area (Å²) in [5.41, 5.74) is 7.51. The Labute approximate surface area is 127 Å². The number of para-hydroxylation sites is 1. The first-order chi connectivity index (χ1) is 10.2. The summed E-state index contributed by atoms with van der Waals surface area (Å²) in [7, 11) is 0. The highest BCUT2D eigenvalue weighted by atomic mass is 16.1. The molecule has 0 spiro atoms. The number of anilines is 1.